The fourth-order valence-corrected chi connectivity index (χ4v) is 2.02. The van der Waals surface area contributed by atoms with Gasteiger partial charge in [-0.05, 0) is 13.0 Å². The lowest BCUT2D eigenvalue weighted by atomic mass is 10.0. The molecule has 2 N–H and O–H groups in total. The van der Waals surface area contributed by atoms with Gasteiger partial charge in [-0.2, -0.15) is 0 Å². The second-order valence-electron chi connectivity index (χ2n) is 4.22. The summed E-state index contributed by atoms with van der Waals surface area (Å²) >= 11 is 0. The van der Waals surface area contributed by atoms with Crippen molar-refractivity contribution in [3.8, 4) is 0 Å². The van der Waals surface area contributed by atoms with Crippen molar-refractivity contribution in [3.05, 3.63) is 35.4 Å². The van der Waals surface area contributed by atoms with E-state index in [0.717, 1.165) is 12.1 Å². The van der Waals surface area contributed by atoms with Crippen LogP contribution in [0.15, 0.2) is 18.2 Å². The summed E-state index contributed by atoms with van der Waals surface area (Å²) in [6, 6.07) is 2.43. The van der Waals surface area contributed by atoms with Gasteiger partial charge in [-0.25, -0.2) is 8.78 Å². The molecular weight excluding hydrogens is 244 g/mol. The summed E-state index contributed by atoms with van der Waals surface area (Å²) < 4.78 is 31.8. The van der Waals surface area contributed by atoms with Gasteiger partial charge in [0, 0.05) is 18.2 Å². The number of hydrogen-bond acceptors (Lipinski definition) is 3. The molecule has 1 fully saturated rings. The first-order valence-corrected chi connectivity index (χ1v) is 5.55. The van der Waals surface area contributed by atoms with Crippen molar-refractivity contribution in [2.75, 3.05) is 6.54 Å². The molecule has 0 aliphatic carbocycles. The zero-order valence-electron chi connectivity index (χ0n) is 9.69. The molecule has 6 heteroatoms. The van der Waals surface area contributed by atoms with Crippen LogP contribution >= 0.6 is 0 Å². The van der Waals surface area contributed by atoms with Gasteiger partial charge >= 0.3 is 5.97 Å². The number of carbonyl (C=O) groups is 1. The lowest BCUT2D eigenvalue weighted by molar-refractivity contribution is -0.149. The molecule has 1 aromatic rings. The second-order valence-corrected chi connectivity index (χ2v) is 4.22. The van der Waals surface area contributed by atoms with Gasteiger partial charge in [0.05, 0.1) is 12.2 Å². The van der Waals surface area contributed by atoms with Crippen LogP contribution in [0.1, 0.15) is 18.6 Å². The maximum absolute atomic E-state index is 13.6. The first-order valence-electron chi connectivity index (χ1n) is 5.55. The van der Waals surface area contributed by atoms with Crippen molar-refractivity contribution in [2.24, 2.45) is 0 Å². The summed E-state index contributed by atoms with van der Waals surface area (Å²) in [4.78, 5) is 10.9. The van der Waals surface area contributed by atoms with E-state index in [0.29, 0.717) is 0 Å². The molecule has 1 aliphatic rings. The van der Waals surface area contributed by atoms with E-state index in [1.54, 1.807) is 6.92 Å². The predicted octanol–water partition coefficient (Wildman–Crippen LogP) is 1.47. The van der Waals surface area contributed by atoms with Crippen LogP contribution in [0.3, 0.4) is 0 Å². The summed E-state index contributed by atoms with van der Waals surface area (Å²) in [6.07, 6.45) is -1.21. The molecule has 98 valence electrons. The van der Waals surface area contributed by atoms with Crippen molar-refractivity contribution in [1.29, 1.82) is 0 Å². The molecule has 0 bridgehead atoms. The van der Waals surface area contributed by atoms with E-state index in [-0.39, 0.29) is 12.1 Å². The number of benzene rings is 1. The zero-order chi connectivity index (χ0) is 13.3. The van der Waals surface area contributed by atoms with Gasteiger partial charge in [-0.1, -0.05) is 6.07 Å². The molecule has 18 heavy (non-hydrogen) atoms. The Labute approximate surface area is 103 Å². The zero-order valence-corrected chi connectivity index (χ0v) is 9.69. The SMILES string of the molecule is CC1OC(c2ccc(F)cc2F)CNC1C(=O)O. The standard InChI is InChI=1S/C12H13F2NO3/c1-6-11(12(16)17)15-5-10(18-6)8-3-2-7(13)4-9(8)14/h2-4,6,10-11,15H,5H2,1H3,(H,16,17). The molecule has 1 saturated heterocycles. The minimum absolute atomic E-state index is 0.170. The van der Waals surface area contributed by atoms with Gasteiger partial charge in [-0.3, -0.25) is 10.1 Å². The van der Waals surface area contributed by atoms with Gasteiger partial charge in [0.25, 0.3) is 0 Å². The van der Waals surface area contributed by atoms with Gasteiger partial charge < -0.3 is 9.84 Å². The maximum atomic E-state index is 13.6. The molecule has 0 amide bonds. The number of ether oxygens (including phenoxy) is 1. The lowest BCUT2D eigenvalue weighted by Gasteiger charge is -2.33. The molecule has 0 aromatic heterocycles. The number of carboxylic acids is 1. The van der Waals surface area contributed by atoms with Crippen LogP contribution < -0.4 is 5.32 Å². The Kier molecular flexibility index (Phi) is 3.58. The lowest BCUT2D eigenvalue weighted by Crippen LogP contribution is -2.52. The summed E-state index contributed by atoms with van der Waals surface area (Å²) in [5.74, 6) is -2.36. The van der Waals surface area contributed by atoms with E-state index >= 15 is 0 Å². The molecule has 1 aromatic carbocycles. The van der Waals surface area contributed by atoms with Gasteiger partial charge in [0.2, 0.25) is 0 Å². The normalized spacial score (nSPS) is 28.1. The third-order valence-electron chi connectivity index (χ3n) is 2.95. The van der Waals surface area contributed by atoms with Crippen LogP contribution in [-0.4, -0.2) is 29.8 Å². The highest BCUT2D eigenvalue weighted by molar-refractivity contribution is 5.74. The first-order chi connectivity index (χ1) is 8.49. The van der Waals surface area contributed by atoms with E-state index in [9.17, 15) is 13.6 Å². The van der Waals surface area contributed by atoms with E-state index in [1.807, 2.05) is 0 Å². The van der Waals surface area contributed by atoms with Crippen LogP contribution in [-0.2, 0) is 9.53 Å². The Bertz CT molecular complexity index is 467. The number of morpholine rings is 1. The van der Waals surface area contributed by atoms with Gasteiger partial charge in [0.1, 0.15) is 17.7 Å². The van der Waals surface area contributed by atoms with Crippen LogP contribution in [0, 0.1) is 11.6 Å². The van der Waals surface area contributed by atoms with Crippen molar-refractivity contribution in [3.63, 3.8) is 0 Å². The second kappa shape index (κ2) is 4.99. The quantitative estimate of drug-likeness (QED) is 0.842. The Morgan fingerprint density at radius 1 is 1.50 bits per heavy atom. The molecule has 0 saturated carbocycles. The van der Waals surface area contributed by atoms with Crippen LogP contribution in [0.5, 0.6) is 0 Å². The fourth-order valence-electron chi connectivity index (χ4n) is 2.02. The number of halogens is 2. The van der Waals surface area contributed by atoms with Gasteiger partial charge in [0.15, 0.2) is 0 Å². The summed E-state index contributed by atoms with van der Waals surface area (Å²) in [6.45, 7) is 1.77. The molecule has 1 aliphatic heterocycles. The molecule has 3 unspecified atom stereocenters. The van der Waals surface area contributed by atoms with Crippen molar-refractivity contribution >= 4 is 5.97 Å². The molecular formula is C12H13F2NO3. The third-order valence-corrected chi connectivity index (χ3v) is 2.95. The largest absolute Gasteiger partial charge is 0.480 e. The molecule has 1 heterocycles. The van der Waals surface area contributed by atoms with Crippen LogP contribution in [0.4, 0.5) is 8.78 Å². The number of carboxylic acid groups (broad SMARTS) is 1. The third kappa shape index (κ3) is 2.49. The smallest absolute Gasteiger partial charge is 0.323 e. The average molecular weight is 257 g/mol. The molecule has 0 spiro atoms. The number of hydrogen-bond donors (Lipinski definition) is 2. The minimum Gasteiger partial charge on any atom is -0.480 e. The monoisotopic (exact) mass is 257 g/mol. The Morgan fingerprint density at radius 2 is 2.22 bits per heavy atom. The van der Waals surface area contributed by atoms with Crippen molar-refractivity contribution in [1.82, 2.24) is 5.32 Å². The number of nitrogens with one attached hydrogen (secondary N) is 1. The molecule has 0 radical (unpaired) electrons. The highest BCUT2D eigenvalue weighted by atomic mass is 19.1. The Hall–Kier alpha value is -1.53. The average Bonchev–Trinajstić information content (AvgIpc) is 2.28. The maximum Gasteiger partial charge on any atom is 0.323 e. The van der Waals surface area contributed by atoms with Crippen molar-refractivity contribution < 1.29 is 23.4 Å². The number of rotatable bonds is 2. The Morgan fingerprint density at radius 3 is 2.78 bits per heavy atom. The summed E-state index contributed by atoms with van der Waals surface area (Å²) in [5, 5.41) is 11.7. The van der Waals surface area contributed by atoms with Crippen LogP contribution in [0.25, 0.3) is 0 Å². The Balaban J connectivity index is 2.15. The topological polar surface area (TPSA) is 58.6 Å². The summed E-state index contributed by atoms with van der Waals surface area (Å²) in [7, 11) is 0. The molecule has 2 rings (SSSR count). The first kappa shape index (κ1) is 12.9. The molecule has 3 atom stereocenters. The van der Waals surface area contributed by atoms with E-state index in [1.165, 1.54) is 6.07 Å². The fraction of sp³-hybridized carbons (Fsp3) is 0.417. The van der Waals surface area contributed by atoms with E-state index < -0.39 is 35.9 Å². The number of aliphatic carboxylic acids is 1. The van der Waals surface area contributed by atoms with Gasteiger partial charge in [-0.15, -0.1) is 0 Å². The van der Waals surface area contributed by atoms with Crippen LogP contribution in [0.2, 0.25) is 0 Å². The van der Waals surface area contributed by atoms with E-state index in [4.69, 9.17) is 9.84 Å². The highest BCUT2D eigenvalue weighted by Crippen LogP contribution is 2.26. The minimum atomic E-state index is -1.01. The van der Waals surface area contributed by atoms with Crippen molar-refractivity contribution in [2.45, 2.75) is 25.2 Å². The summed E-state index contributed by atoms with van der Waals surface area (Å²) in [5.41, 5.74) is 0.222. The highest BCUT2D eigenvalue weighted by Gasteiger charge is 2.34. The predicted molar refractivity (Wildman–Crippen MR) is 59.1 cm³/mol. The molecule has 4 nitrogen and oxygen atoms in total. The van der Waals surface area contributed by atoms with E-state index in [2.05, 4.69) is 5.32 Å².